The first-order chi connectivity index (χ1) is 9.83. The number of ether oxygens (including phenoxy) is 2. The van der Waals surface area contributed by atoms with Crippen LogP contribution in [0.1, 0.15) is 12.0 Å². The molecule has 0 saturated carbocycles. The lowest BCUT2D eigenvalue weighted by atomic mass is 10.1. The van der Waals surface area contributed by atoms with Crippen molar-refractivity contribution < 1.29 is 9.47 Å². The largest absolute Gasteiger partial charge is 0.490 e. The molecule has 0 spiro atoms. The molecular formula is C16H16ClNO2. The van der Waals surface area contributed by atoms with Crippen molar-refractivity contribution in [1.82, 2.24) is 0 Å². The predicted octanol–water partition coefficient (Wildman–Crippen LogP) is 4.11. The Kier molecular flexibility index (Phi) is 3.97. The monoisotopic (exact) mass is 289 g/mol. The summed E-state index contributed by atoms with van der Waals surface area (Å²) in [6, 6.07) is 13.7. The highest BCUT2D eigenvalue weighted by Gasteiger charge is 2.13. The zero-order valence-electron chi connectivity index (χ0n) is 11.1. The minimum Gasteiger partial charge on any atom is -0.490 e. The summed E-state index contributed by atoms with van der Waals surface area (Å²) in [6.45, 7) is 2.10. The van der Waals surface area contributed by atoms with E-state index in [4.69, 9.17) is 21.1 Å². The number of rotatable bonds is 3. The van der Waals surface area contributed by atoms with Crippen LogP contribution in [0.4, 0.5) is 5.69 Å². The van der Waals surface area contributed by atoms with Crippen LogP contribution in [0, 0.1) is 0 Å². The van der Waals surface area contributed by atoms with Gasteiger partial charge >= 0.3 is 0 Å². The third-order valence-corrected chi connectivity index (χ3v) is 3.43. The Morgan fingerprint density at radius 2 is 1.80 bits per heavy atom. The van der Waals surface area contributed by atoms with E-state index < -0.39 is 0 Å². The Balaban J connectivity index is 1.75. The SMILES string of the molecule is Clc1ccc(NCc2cccc3c2OCCCO3)cc1. The molecule has 3 nitrogen and oxygen atoms in total. The fourth-order valence-corrected chi connectivity index (χ4v) is 2.28. The molecule has 1 aliphatic heterocycles. The van der Waals surface area contributed by atoms with E-state index in [9.17, 15) is 0 Å². The van der Waals surface area contributed by atoms with Gasteiger partial charge in [0.15, 0.2) is 11.5 Å². The van der Waals surface area contributed by atoms with Crippen molar-refractivity contribution in [3.8, 4) is 11.5 Å². The summed E-state index contributed by atoms with van der Waals surface area (Å²) >= 11 is 5.88. The summed E-state index contributed by atoms with van der Waals surface area (Å²) in [5, 5.41) is 4.10. The van der Waals surface area contributed by atoms with E-state index in [2.05, 4.69) is 11.4 Å². The first-order valence-corrected chi connectivity index (χ1v) is 7.08. The zero-order valence-corrected chi connectivity index (χ0v) is 11.8. The number of hydrogen-bond acceptors (Lipinski definition) is 3. The van der Waals surface area contributed by atoms with E-state index >= 15 is 0 Å². The normalized spacial score (nSPS) is 13.7. The third kappa shape index (κ3) is 2.99. The molecule has 1 N–H and O–H groups in total. The molecule has 1 aliphatic rings. The highest BCUT2D eigenvalue weighted by Crippen LogP contribution is 2.33. The average molecular weight is 290 g/mol. The van der Waals surface area contributed by atoms with Gasteiger partial charge in [0, 0.05) is 29.2 Å². The van der Waals surface area contributed by atoms with Gasteiger partial charge in [-0.15, -0.1) is 0 Å². The van der Waals surface area contributed by atoms with E-state index in [1.54, 1.807) is 0 Å². The van der Waals surface area contributed by atoms with Crippen LogP contribution in [-0.4, -0.2) is 13.2 Å². The van der Waals surface area contributed by atoms with Gasteiger partial charge in [-0.25, -0.2) is 0 Å². The molecule has 0 radical (unpaired) electrons. The molecular weight excluding hydrogens is 274 g/mol. The maximum absolute atomic E-state index is 5.88. The van der Waals surface area contributed by atoms with Crippen molar-refractivity contribution in [3.63, 3.8) is 0 Å². The van der Waals surface area contributed by atoms with Crippen LogP contribution in [0.2, 0.25) is 5.02 Å². The summed E-state index contributed by atoms with van der Waals surface area (Å²) in [4.78, 5) is 0. The lowest BCUT2D eigenvalue weighted by Gasteiger charge is -2.13. The number of fused-ring (bicyclic) bond motifs is 1. The second kappa shape index (κ2) is 6.06. The van der Waals surface area contributed by atoms with Crippen molar-refractivity contribution in [3.05, 3.63) is 53.1 Å². The van der Waals surface area contributed by atoms with Crippen LogP contribution in [-0.2, 0) is 6.54 Å². The molecule has 0 fully saturated rings. The van der Waals surface area contributed by atoms with E-state index in [0.29, 0.717) is 19.8 Å². The summed E-state index contributed by atoms with van der Waals surface area (Å²) in [7, 11) is 0. The van der Waals surface area contributed by atoms with E-state index in [0.717, 1.165) is 34.2 Å². The summed E-state index contributed by atoms with van der Waals surface area (Å²) in [5.41, 5.74) is 2.13. The number of hydrogen-bond donors (Lipinski definition) is 1. The molecule has 0 bridgehead atoms. The molecule has 3 rings (SSSR count). The molecule has 104 valence electrons. The van der Waals surface area contributed by atoms with Gasteiger partial charge in [0.2, 0.25) is 0 Å². The molecule has 0 unspecified atom stereocenters. The molecule has 0 amide bonds. The number of halogens is 1. The second-order valence-corrected chi connectivity index (χ2v) is 5.09. The standard InChI is InChI=1S/C16H16ClNO2/c17-13-5-7-14(8-6-13)18-11-12-3-1-4-15-16(12)20-10-2-9-19-15/h1,3-8,18H,2,9-11H2. The van der Waals surface area contributed by atoms with E-state index in [1.165, 1.54) is 0 Å². The highest BCUT2D eigenvalue weighted by molar-refractivity contribution is 6.30. The summed E-state index contributed by atoms with van der Waals surface area (Å²) < 4.78 is 11.5. The van der Waals surface area contributed by atoms with Gasteiger partial charge in [-0.05, 0) is 30.3 Å². The molecule has 0 saturated heterocycles. The fraction of sp³-hybridized carbons (Fsp3) is 0.250. The number of nitrogens with one attached hydrogen (secondary N) is 1. The number of anilines is 1. The lowest BCUT2D eigenvalue weighted by Crippen LogP contribution is -2.03. The van der Waals surface area contributed by atoms with Crippen LogP contribution in [0.25, 0.3) is 0 Å². The zero-order chi connectivity index (χ0) is 13.8. The molecule has 4 heteroatoms. The maximum Gasteiger partial charge on any atom is 0.166 e. The Bertz CT molecular complexity index is 584. The summed E-state index contributed by atoms with van der Waals surface area (Å²) in [5.74, 6) is 1.68. The van der Waals surface area contributed by atoms with Gasteiger partial charge in [-0.1, -0.05) is 23.7 Å². The lowest BCUT2D eigenvalue weighted by molar-refractivity contribution is 0.296. The van der Waals surface area contributed by atoms with Crippen molar-refractivity contribution >= 4 is 17.3 Å². The minimum atomic E-state index is 0.689. The van der Waals surface area contributed by atoms with Crippen molar-refractivity contribution in [2.75, 3.05) is 18.5 Å². The Morgan fingerprint density at radius 3 is 2.65 bits per heavy atom. The molecule has 20 heavy (non-hydrogen) atoms. The summed E-state index contributed by atoms with van der Waals surface area (Å²) in [6.07, 6.45) is 0.915. The highest BCUT2D eigenvalue weighted by atomic mass is 35.5. The fourth-order valence-electron chi connectivity index (χ4n) is 2.16. The molecule has 1 heterocycles. The smallest absolute Gasteiger partial charge is 0.166 e. The maximum atomic E-state index is 5.88. The quantitative estimate of drug-likeness (QED) is 0.922. The first kappa shape index (κ1) is 13.1. The molecule has 0 aromatic heterocycles. The van der Waals surface area contributed by atoms with Gasteiger partial charge in [0.25, 0.3) is 0 Å². The second-order valence-electron chi connectivity index (χ2n) is 4.66. The molecule has 0 aliphatic carbocycles. The predicted molar refractivity (Wildman–Crippen MR) is 80.8 cm³/mol. The van der Waals surface area contributed by atoms with Crippen LogP contribution in [0.15, 0.2) is 42.5 Å². The van der Waals surface area contributed by atoms with Crippen LogP contribution in [0.5, 0.6) is 11.5 Å². The average Bonchev–Trinajstić information content (AvgIpc) is 2.72. The molecule has 0 atom stereocenters. The number of para-hydroxylation sites is 1. The van der Waals surface area contributed by atoms with Crippen molar-refractivity contribution in [1.29, 1.82) is 0 Å². The van der Waals surface area contributed by atoms with Gasteiger partial charge in [0.1, 0.15) is 0 Å². The number of benzene rings is 2. The van der Waals surface area contributed by atoms with E-state index in [1.807, 2.05) is 36.4 Å². The molecule has 2 aromatic carbocycles. The van der Waals surface area contributed by atoms with Crippen LogP contribution in [0.3, 0.4) is 0 Å². The molecule has 2 aromatic rings. The van der Waals surface area contributed by atoms with Crippen molar-refractivity contribution in [2.45, 2.75) is 13.0 Å². The van der Waals surface area contributed by atoms with Crippen molar-refractivity contribution in [2.24, 2.45) is 0 Å². The topological polar surface area (TPSA) is 30.5 Å². The van der Waals surface area contributed by atoms with Gasteiger partial charge in [-0.3, -0.25) is 0 Å². The third-order valence-electron chi connectivity index (χ3n) is 3.18. The first-order valence-electron chi connectivity index (χ1n) is 6.70. The van der Waals surface area contributed by atoms with Gasteiger partial charge in [-0.2, -0.15) is 0 Å². The van der Waals surface area contributed by atoms with Gasteiger partial charge < -0.3 is 14.8 Å². The Labute approximate surface area is 123 Å². The Morgan fingerprint density at radius 1 is 1.00 bits per heavy atom. The Hall–Kier alpha value is -1.87. The van der Waals surface area contributed by atoms with Crippen LogP contribution < -0.4 is 14.8 Å². The van der Waals surface area contributed by atoms with Crippen LogP contribution >= 0.6 is 11.6 Å². The van der Waals surface area contributed by atoms with E-state index in [-0.39, 0.29) is 0 Å². The van der Waals surface area contributed by atoms with Gasteiger partial charge in [0.05, 0.1) is 13.2 Å². The minimum absolute atomic E-state index is 0.689.